The Morgan fingerprint density at radius 3 is 2.73 bits per heavy atom. The lowest BCUT2D eigenvalue weighted by Gasteiger charge is -2.31. The molecule has 1 aliphatic heterocycles. The number of rotatable bonds is 5. The van der Waals surface area contributed by atoms with Crippen LogP contribution in [0.4, 0.5) is 0 Å². The molecule has 0 saturated carbocycles. The molecule has 0 aromatic carbocycles. The van der Waals surface area contributed by atoms with Crippen LogP contribution < -0.4 is 10.9 Å². The number of thiophene rings is 2. The fourth-order valence-corrected chi connectivity index (χ4v) is 6.12. The van der Waals surface area contributed by atoms with E-state index in [0.29, 0.717) is 28.5 Å². The zero-order valence-corrected chi connectivity index (χ0v) is 19.2. The number of hydrogen-bond acceptors (Lipinski definition) is 7. The molecule has 2 amide bonds. The van der Waals surface area contributed by atoms with E-state index in [1.54, 1.807) is 30.2 Å². The summed E-state index contributed by atoms with van der Waals surface area (Å²) in [6, 6.07) is 4.05. The van der Waals surface area contributed by atoms with Gasteiger partial charge in [0.25, 0.3) is 5.56 Å². The van der Waals surface area contributed by atoms with Crippen molar-refractivity contribution in [3.8, 4) is 10.4 Å². The fourth-order valence-electron chi connectivity index (χ4n) is 3.53. The molecule has 4 heterocycles. The quantitative estimate of drug-likeness (QED) is 0.466. The highest BCUT2D eigenvalue weighted by Crippen LogP contribution is 2.34. The molecule has 4 rings (SSSR count). The minimum atomic E-state index is -0.0934. The van der Waals surface area contributed by atoms with Crippen molar-refractivity contribution in [2.24, 2.45) is 7.05 Å². The van der Waals surface area contributed by atoms with E-state index >= 15 is 0 Å². The molecule has 30 heavy (non-hydrogen) atoms. The van der Waals surface area contributed by atoms with Gasteiger partial charge in [0.2, 0.25) is 11.8 Å². The minimum absolute atomic E-state index is 0.0773. The molecule has 3 aromatic rings. The molecule has 0 unspecified atom stereocenters. The number of amides is 2. The second-order valence-corrected chi connectivity index (χ2v) is 9.95. The van der Waals surface area contributed by atoms with Crippen molar-refractivity contribution in [3.05, 3.63) is 33.2 Å². The number of carbonyl (C=O) groups excluding carboxylic acids is 2. The maximum Gasteiger partial charge on any atom is 0.263 e. The monoisotopic (exact) mass is 462 g/mol. The summed E-state index contributed by atoms with van der Waals surface area (Å²) in [4.78, 5) is 45.0. The van der Waals surface area contributed by atoms with E-state index in [4.69, 9.17) is 0 Å². The summed E-state index contributed by atoms with van der Waals surface area (Å²) in [5.74, 6) is 0.191. The molecule has 1 saturated heterocycles. The van der Waals surface area contributed by atoms with Gasteiger partial charge >= 0.3 is 0 Å². The van der Waals surface area contributed by atoms with Gasteiger partial charge in [0.05, 0.1) is 11.1 Å². The minimum Gasteiger partial charge on any atom is -0.353 e. The highest BCUT2D eigenvalue weighted by molar-refractivity contribution is 7.99. The average molecular weight is 463 g/mol. The lowest BCUT2D eigenvalue weighted by Crippen LogP contribution is -2.46. The predicted octanol–water partition coefficient (Wildman–Crippen LogP) is 2.94. The maximum atomic E-state index is 13.0. The van der Waals surface area contributed by atoms with Gasteiger partial charge in [-0.1, -0.05) is 17.8 Å². The Morgan fingerprint density at radius 1 is 1.30 bits per heavy atom. The number of piperidine rings is 1. The van der Waals surface area contributed by atoms with Gasteiger partial charge in [-0.05, 0) is 24.3 Å². The first-order chi connectivity index (χ1) is 14.4. The Hall–Kier alpha value is -2.17. The van der Waals surface area contributed by atoms with Crippen LogP contribution in [0.25, 0.3) is 20.7 Å². The standard InChI is InChI=1S/C20H22N4O3S3/c1-12(25)24-7-5-13(6-8-24)21-16(26)11-30-20-22-18-17(19(27)23(20)2)14(10-29-18)15-4-3-9-28-15/h3-4,9-10,13H,5-8,11H2,1-2H3,(H,21,26). The third-order valence-electron chi connectivity index (χ3n) is 5.20. The van der Waals surface area contributed by atoms with Crippen molar-refractivity contribution in [3.63, 3.8) is 0 Å². The van der Waals surface area contributed by atoms with Gasteiger partial charge in [0.1, 0.15) is 4.83 Å². The van der Waals surface area contributed by atoms with Crippen LogP contribution in [-0.2, 0) is 16.6 Å². The first kappa shape index (κ1) is 21.1. The van der Waals surface area contributed by atoms with E-state index < -0.39 is 0 Å². The van der Waals surface area contributed by atoms with Crippen molar-refractivity contribution in [1.82, 2.24) is 19.8 Å². The summed E-state index contributed by atoms with van der Waals surface area (Å²) >= 11 is 4.32. The molecule has 0 radical (unpaired) electrons. The molecule has 3 aromatic heterocycles. The van der Waals surface area contributed by atoms with Gasteiger partial charge in [0.15, 0.2) is 5.16 Å². The van der Waals surface area contributed by atoms with Gasteiger partial charge in [-0.3, -0.25) is 19.0 Å². The molecule has 0 atom stereocenters. The second-order valence-electron chi connectivity index (χ2n) is 7.20. The third kappa shape index (κ3) is 4.30. The van der Waals surface area contributed by atoms with Crippen LogP contribution in [0.1, 0.15) is 19.8 Å². The summed E-state index contributed by atoms with van der Waals surface area (Å²) in [6.45, 7) is 2.91. The first-order valence-corrected chi connectivity index (χ1v) is 12.4. The van der Waals surface area contributed by atoms with Gasteiger partial charge in [0, 0.05) is 48.9 Å². The number of aromatic nitrogens is 2. The lowest BCUT2D eigenvalue weighted by molar-refractivity contribution is -0.130. The van der Waals surface area contributed by atoms with Crippen LogP contribution in [-0.4, -0.2) is 51.1 Å². The van der Waals surface area contributed by atoms with Crippen molar-refractivity contribution in [1.29, 1.82) is 0 Å². The van der Waals surface area contributed by atoms with Crippen LogP contribution in [0.2, 0.25) is 0 Å². The Morgan fingerprint density at radius 2 is 2.07 bits per heavy atom. The van der Waals surface area contributed by atoms with Gasteiger partial charge in [-0.25, -0.2) is 4.98 Å². The number of thioether (sulfide) groups is 1. The first-order valence-electron chi connectivity index (χ1n) is 9.64. The number of fused-ring (bicyclic) bond motifs is 1. The topological polar surface area (TPSA) is 84.3 Å². The summed E-state index contributed by atoms with van der Waals surface area (Å²) in [7, 11) is 1.70. The van der Waals surface area contributed by atoms with E-state index in [1.807, 2.05) is 22.9 Å². The van der Waals surface area contributed by atoms with Gasteiger partial charge in [-0.15, -0.1) is 22.7 Å². The number of hydrogen-bond donors (Lipinski definition) is 1. The normalized spacial score (nSPS) is 14.9. The van der Waals surface area contributed by atoms with Gasteiger partial charge < -0.3 is 10.2 Å². The molecular formula is C20H22N4O3S3. The molecule has 0 spiro atoms. The predicted molar refractivity (Wildman–Crippen MR) is 122 cm³/mol. The number of nitrogens with one attached hydrogen (secondary N) is 1. The van der Waals surface area contributed by atoms with Crippen LogP contribution in [0.5, 0.6) is 0 Å². The summed E-state index contributed by atoms with van der Waals surface area (Å²) in [5.41, 5.74) is 0.827. The highest BCUT2D eigenvalue weighted by Gasteiger charge is 2.22. The molecule has 7 nitrogen and oxygen atoms in total. The zero-order chi connectivity index (χ0) is 21.3. The number of nitrogens with zero attached hydrogens (tertiary/aromatic N) is 3. The van der Waals surface area contributed by atoms with E-state index in [9.17, 15) is 14.4 Å². The van der Waals surface area contributed by atoms with Crippen LogP contribution in [0, 0.1) is 0 Å². The number of likely N-dealkylation sites (tertiary alicyclic amines) is 1. The summed E-state index contributed by atoms with van der Waals surface area (Å²) in [6.07, 6.45) is 1.53. The van der Waals surface area contributed by atoms with Crippen molar-refractivity contribution in [2.75, 3.05) is 18.8 Å². The average Bonchev–Trinajstić information content (AvgIpc) is 3.39. The van der Waals surface area contributed by atoms with Crippen molar-refractivity contribution >= 4 is 56.5 Å². The zero-order valence-electron chi connectivity index (χ0n) is 16.7. The molecule has 1 fully saturated rings. The molecule has 0 bridgehead atoms. The van der Waals surface area contributed by atoms with Crippen LogP contribution >= 0.6 is 34.4 Å². The molecule has 158 valence electrons. The molecule has 0 aliphatic carbocycles. The van der Waals surface area contributed by atoms with E-state index in [-0.39, 0.29) is 29.2 Å². The Bertz CT molecular complexity index is 1130. The van der Waals surface area contributed by atoms with Crippen molar-refractivity contribution < 1.29 is 9.59 Å². The highest BCUT2D eigenvalue weighted by atomic mass is 32.2. The lowest BCUT2D eigenvalue weighted by atomic mass is 10.1. The fraction of sp³-hybridized carbons (Fsp3) is 0.400. The second kappa shape index (κ2) is 8.91. The smallest absolute Gasteiger partial charge is 0.263 e. The van der Waals surface area contributed by atoms with E-state index in [2.05, 4.69) is 10.3 Å². The molecule has 10 heteroatoms. The number of carbonyl (C=O) groups is 2. The van der Waals surface area contributed by atoms with E-state index in [0.717, 1.165) is 23.3 Å². The maximum absolute atomic E-state index is 13.0. The Balaban J connectivity index is 1.42. The summed E-state index contributed by atoms with van der Waals surface area (Å²) < 4.78 is 1.52. The van der Waals surface area contributed by atoms with Crippen LogP contribution in [0.15, 0.2) is 32.8 Å². The Kier molecular flexibility index (Phi) is 6.26. The van der Waals surface area contributed by atoms with Gasteiger partial charge in [-0.2, -0.15) is 0 Å². The van der Waals surface area contributed by atoms with Crippen molar-refractivity contribution in [2.45, 2.75) is 31.0 Å². The third-order valence-corrected chi connectivity index (χ3v) is 8.00. The SMILES string of the molecule is CC(=O)N1CCC(NC(=O)CSc2nc3scc(-c4cccs4)c3c(=O)n2C)CC1. The molecule has 1 aliphatic rings. The molecule has 1 N–H and O–H groups in total. The Labute approximate surface area is 186 Å². The largest absolute Gasteiger partial charge is 0.353 e. The molecular weight excluding hydrogens is 440 g/mol. The summed E-state index contributed by atoms with van der Waals surface area (Å²) in [5, 5.41) is 8.17. The van der Waals surface area contributed by atoms with E-state index in [1.165, 1.54) is 27.7 Å². The van der Waals surface area contributed by atoms with Crippen LogP contribution in [0.3, 0.4) is 0 Å².